The summed E-state index contributed by atoms with van der Waals surface area (Å²) in [5.41, 5.74) is 2.27. The number of aryl methyl sites for hydroxylation is 2. The number of fused-ring (bicyclic) bond motifs is 2. The van der Waals surface area contributed by atoms with Crippen molar-refractivity contribution in [1.82, 2.24) is 0 Å². The fourth-order valence-corrected chi connectivity index (χ4v) is 7.23. The van der Waals surface area contributed by atoms with E-state index in [0.29, 0.717) is 33.3 Å². The molecule has 0 aromatic heterocycles. The highest BCUT2D eigenvalue weighted by atomic mass is 32.2. The van der Waals surface area contributed by atoms with E-state index >= 15 is 0 Å². The molecule has 0 aliphatic carbocycles. The van der Waals surface area contributed by atoms with Crippen LogP contribution in [0.4, 0.5) is 27.5 Å². The first kappa shape index (κ1) is 37.2. The number of carbonyl (C=O) groups excluding carboxylic acids is 3. The van der Waals surface area contributed by atoms with Crippen molar-refractivity contribution >= 4 is 82.4 Å². The second-order valence-corrected chi connectivity index (χ2v) is 15.0. The number of hydrogen-bond donors (Lipinski definition) is 8. The second-order valence-electron chi connectivity index (χ2n) is 12.3. The molecule has 0 bridgehead atoms. The Morgan fingerprint density at radius 2 is 0.889 bits per heavy atom. The Kier molecular flexibility index (Phi) is 9.74. The molecule has 0 aliphatic rings. The average molecular weight is 771 g/mol. The summed E-state index contributed by atoms with van der Waals surface area (Å²) >= 11 is 0. The van der Waals surface area contributed by atoms with Crippen molar-refractivity contribution in [3.8, 4) is 11.5 Å². The summed E-state index contributed by atoms with van der Waals surface area (Å²) in [6.07, 6.45) is 0. The Morgan fingerprint density at radius 3 is 1.24 bits per heavy atom. The zero-order valence-corrected chi connectivity index (χ0v) is 29.8. The Labute approximate surface area is 307 Å². The van der Waals surface area contributed by atoms with Crippen molar-refractivity contribution in [2.45, 2.75) is 23.6 Å². The van der Waals surface area contributed by atoms with Crippen LogP contribution in [-0.4, -0.2) is 54.0 Å². The largest absolute Gasteiger partial charge is 0.508 e. The first-order chi connectivity index (χ1) is 25.3. The van der Waals surface area contributed by atoms with Gasteiger partial charge in [0.15, 0.2) is 0 Å². The van der Waals surface area contributed by atoms with Crippen molar-refractivity contribution in [2.75, 3.05) is 21.3 Å². The van der Waals surface area contributed by atoms with Crippen molar-refractivity contribution in [2.24, 2.45) is 0 Å². The van der Waals surface area contributed by atoms with Crippen LogP contribution in [0.5, 0.6) is 11.5 Å². The molecule has 6 aromatic carbocycles. The van der Waals surface area contributed by atoms with Gasteiger partial charge in [0.2, 0.25) is 0 Å². The van der Waals surface area contributed by atoms with E-state index in [4.69, 9.17) is 0 Å². The van der Waals surface area contributed by atoms with Gasteiger partial charge in [0, 0.05) is 44.6 Å². The van der Waals surface area contributed by atoms with Gasteiger partial charge in [-0.05, 0) is 121 Å². The van der Waals surface area contributed by atoms with Crippen molar-refractivity contribution < 1.29 is 50.5 Å². The third-order valence-electron chi connectivity index (χ3n) is 8.35. The lowest BCUT2D eigenvalue weighted by molar-refractivity contribution is 0.101. The van der Waals surface area contributed by atoms with E-state index in [1.165, 1.54) is 84.9 Å². The minimum Gasteiger partial charge on any atom is -0.508 e. The summed E-state index contributed by atoms with van der Waals surface area (Å²) in [7, 11) is -9.41. The highest BCUT2D eigenvalue weighted by Gasteiger charge is 2.20. The minimum atomic E-state index is -4.71. The normalized spacial score (nSPS) is 11.6. The van der Waals surface area contributed by atoms with Gasteiger partial charge in [-0.25, -0.2) is 4.79 Å². The van der Waals surface area contributed by atoms with Crippen LogP contribution in [-0.2, 0) is 20.2 Å². The van der Waals surface area contributed by atoms with Gasteiger partial charge in [-0.1, -0.05) is 12.1 Å². The van der Waals surface area contributed by atoms with E-state index in [9.17, 15) is 50.5 Å². The van der Waals surface area contributed by atoms with Gasteiger partial charge in [-0.2, -0.15) is 16.8 Å². The van der Waals surface area contributed by atoms with E-state index in [0.717, 1.165) is 12.1 Å². The monoisotopic (exact) mass is 770 g/mol. The van der Waals surface area contributed by atoms with Crippen LogP contribution in [0.3, 0.4) is 0 Å². The molecular formula is C37H30N4O11S2. The van der Waals surface area contributed by atoms with E-state index in [1.54, 1.807) is 13.8 Å². The number of hydrogen-bond acceptors (Lipinski definition) is 9. The standard InChI is InChI=1S/C37H30N4O11S2/c1-19-11-23(35(44)38-25-13-21-3-7-27(42)17-29(21)33(15-25)53(47,48)49)5-9-31(19)40-37(46)41-32-10-6-24(12-20(32)2)36(45)39-26-14-22-4-8-28(43)18-30(22)34(16-26)54(50,51)52/h3-18,42-43H,1-2H3,(H,38,44)(H,39,45)(H2,40,41,46)(H,47,48,49)(H,50,51,52). The van der Waals surface area contributed by atoms with Crippen LogP contribution in [0.15, 0.2) is 107 Å². The number of nitrogens with one attached hydrogen (secondary N) is 4. The van der Waals surface area contributed by atoms with Crippen molar-refractivity contribution in [3.63, 3.8) is 0 Å². The van der Waals surface area contributed by atoms with Crippen LogP contribution in [0, 0.1) is 13.8 Å². The van der Waals surface area contributed by atoms with Crippen LogP contribution < -0.4 is 21.3 Å². The van der Waals surface area contributed by atoms with Gasteiger partial charge in [0.25, 0.3) is 32.1 Å². The molecule has 0 spiro atoms. The lowest BCUT2D eigenvalue weighted by Gasteiger charge is -2.14. The summed E-state index contributed by atoms with van der Waals surface area (Å²) < 4.78 is 67.6. The number of anilines is 4. The molecule has 6 rings (SSSR count). The Morgan fingerprint density at radius 1 is 0.500 bits per heavy atom. The molecule has 276 valence electrons. The molecule has 0 heterocycles. The van der Waals surface area contributed by atoms with E-state index in [2.05, 4.69) is 21.3 Å². The number of phenolic OH excluding ortho intramolecular Hbond substituents is 2. The number of benzene rings is 6. The number of carbonyl (C=O) groups is 3. The topological polar surface area (TPSA) is 249 Å². The van der Waals surface area contributed by atoms with E-state index < -0.39 is 47.9 Å². The molecule has 6 aromatic rings. The zero-order valence-electron chi connectivity index (χ0n) is 28.2. The maximum Gasteiger partial charge on any atom is 0.323 e. The van der Waals surface area contributed by atoms with Crippen LogP contribution >= 0.6 is 0 Å². The molecule has 0 atom stereocenters. The van der Waals surface area contributed by atoms with Crippen LogP contribution in [0.25, 0.3) is 21.5 Å². The third-order valence-corrected chi connectivity index (χ3v) is 10.1. The first-order valence-electron chi connectivity index (χ1n) is 15.8. The highest BCUT2D eigenvalue weighted by molar-refractivity contribution is 7.86. The fourth-order valence-electron chi connectivity index (χ4n) is 5.77. The SMILES string of the molecule is Cc1cc(C(=O)Nc2cc(S(=O)(=O)O)c3cc(O)ccc3c2)ccc1NC(=O)Nc1ccc(C(=O)Nc2cc(S(=O)(=O)O)c3cc(O)ccc3c2)cc1C. The molecule has 0 saturated carbocycles. The Balaban J connectivity index is 1.12. The van der Waals surface area contributed by atoms with E-state index in [-0.39, 0.29) is 44.8 Å². The minimum absolute atomic E-state index is 0.0662. The fraction of sp³-hybridized carbons (Fsp3) is 0.0541. The quantitative estimate of drug-likeness (QED) is 0.0760. The average Bonchev–Trinajstić information content (AvgIpc) is 3.08. The van der Waals surface area contributed by atoms with Gasteiger partial charge in [0.05, 0.1) is 0 Å². The number of rotatable bonds is 8. The summed E-state index contributed by atoms with van der Waals surface area (Å²) in [5.74, 6) is -1.62. The summed E-state index contributed by atoms with van der Waals surface area (Å²) in [6, 6.07) is 21.3. The summed E-state index contributed by atoms with van der Waals surface area (Å²) in [5, 5.41) is 31.0. The number of aromatic hydroxyl groups is 2. The zero-order chi connectivity index (χ0) is 39.1. The van der Waals surface area contributed by atoms with Gasteiger partial charge in [0.1, 0.15) is 21.3 Å². The number of phenols is 2. The summed E-state index contributed by atoms with van der Waals surface area (Å²) in [4.78, 5) is 38.1. The lowest BCUT2D eigenvalue weighted by atomic mass is 10.1. The Bertz CT molecular complexity index is 2600. The third kappa shape index (κ3) is 8.08. The maximum absolute atomic E-state index is 13.1. The molecule has 17 heteroatoms. The molecule has 0 aliphatic heterocycles. The highest BCUT2D eigenvalue weighted by Crippen LogP contribution is 2.32. The molecule has 4 amide bonds. The van der Waals surface area contributed by atoms with Gasteiger partial charge in [-0.15, -0.1) is 0 Å². The van der Waals surface area contributed by atoms with Gasteiger partial charge < -0.3 is 31.5 Å². The predicted molar refractivity (Wildman–Crippen MR) is 202 cm³/mol. The predicted octanol–water partition coefficient (Wildman–Crippen LogP) is 6.66. The molecule has 8 N–H and O–H groups in total. The molecule has 54 heavy (non-hydrogen) atoms. The van der Waals surface area contributed by atoms with Crippen LogP contribution in [0.2, 0.25) is 0 Å². The molecule has 0 saturated heterocycles. The van der Waals surface area contributed by atoms with Gasteiger partial charge in [-0.3, -0.25) is 18.7 Å². The van der Waals surface area contributed by atoms with Gasteiger partial charge >= 0.3 is 6.03 Å². The van der Waals surface area contributed by atoms with Crippen LogP contribution in [0.1, 0.15) is 31.8 Å². The lowest BCUT2D eigenvalue weighted by Crippen LogP contribution is -2.21. The van der Waals surface area contributed by atoms with E-state index in [1.807, 2.05) is 0 Å². The number of amides is 4. The maximum atomic E-state index is 13.1. The smallest absolute Gasteiger partial charge is 0.323 e. The summed E-state index contributed by atoms with van der Waals surface area (Å²) in [6.45, 7) is 3.31. The first-order valence-corrected chi connectivity index (χ1v) is 18.6. The molecule has 0 unspecified atom stereocenters. The molecular weight excluding hydrogens is 741 g/mol. The number of urea groups is 1. The Hall–Kier alpha value is -6.53. The second kappa shape index (κ2) is 14.1. The molecule has 0 radical (unpaired) electrons. The van der Waals surface area contributed by atoms with Crippen molar-refractivity contribution in [3.05, 3.63) is 119 Å². The molecule has 0 fully saturated rings. The molecule has 15 nitrogen and oxygen atoms in total. The van der Waals surface area contributed by atoms with Crippen molar-refractivity contribution in [1.29, 1.82) is 0 Å².